The molecule has 1 N–H and O–H groups in total. The number of piperidine rings is 1. The quantitative estimate of drug-likeness (QED) is 0.805. The van der Waals surface area contributed by atoms with E-state index in [4.69, 9.17) is 0 Å². The molecule has 2 aromatic rings. The first kappa shape index (κ1) is 16.7. The highest BCUT2D eigenvalue weighted by molar-refractivity contribution is 9.10. The van der Waals surface area contributed by atoms with E-state index in [0.717, 1.165) is 30.4 Å². The molecule has 1 aliphatic heterocycles. The Morgan fingerprint density at radius 2 is 2.22 bits per heavy atom. The fourth-order valence-electron chi connectivity index (χ4n) is 3.23. The number of aliphatic carboxylic acids is 1. The number of carbonyl (C=O) groups is 1. The lowest BCUT2D eigenvalue weighted by Crippen LogP contribution is -2.45. The van der Waals surface area contributed by atoms with Crippen molar-refractivity contribution in [1.29, 1.82) is 0 Å². The number of thiophene rings is 1. The first-order valence-corrected chi connectivity index (χ1v) is 9.47. The van der Waals surface area contributed by atoms with E-state index in [1.54, 1.807) is 11.3 Å². The first-order valence-electron chi connectivity index (χ1n) is 7.86. The van der Waals surface area contributed by atoms with Gasteiger partial charge in [-0.1, -0.05) is 28.1 Å². The molecule has 1 aromatic carbocycles. The van der Waals surface area contributed by atoms with Crippen LogP contribution in [0.15, 0.2) is 40.9 Å². The van der Waals surface area contributed by atoms with Gasteiger partial charge in [0.1, 0.15) is 0 Å². The van der Waals surface area contributed by atoms with Crippen LogP contribution in [0.5, 0.6) is 0 Å². The molecule has 5 heteroatoms. The van der Waals surface area contributed by atoms with Crippen LogP contribution in [0.4, 0.5) is 0 Å². The maximum Gasteiger partial charge on any atom is 0.308 e. The lowest BCUT2D eigenvalue weighted by atomic mass is 9.90. The van der Waals surface area contributed by atoms with Crippen molar-refractivity contribution in [3.05, 3.63) is 45.7 Å². The zero-order chi connectivity index (χ0) is 16.4. The number of nitrogens with zero attached hydrogens (tertiary/aromatic N) is 1. The van der Waals surface area contributed by atoms with E-state index in [1.807, 2.05) is 19.1 Å². The average molecular weight is 394 g/mol. The van der Waals surface area contributed by atoms with Crippen LogP contribution in [-0.4, -0.2) is 28.6 Å². The highest BCUT2D eigenvalue weighted by Crippen LogP contribution is 2.32. The second-order valence-electron chi connectivity index (χ2n) is 6.07. The van der Waals surface area contributed by atoms with Crippen LogP contribution in [0.25, 0.3) is 10.4 Å². The van der Waals surface area contributed by atoms with E-state index >= 15 is 0 Å². The van der Waals surface area contributed by atoms with Gasteiger partial charge in [-0.2, -0.15) is 0 Å². The van der Waals surface area contributed by atoms with Gasteiger partial charge in [-0.05, 0) is 56.1 Å². The van der Waals surface area contributed by atoms with E-state index < -0.39 is 5.97 Å². The molecule has 0 aliphatic carbocycles. The molecule has 0 unspecified atom stereocenters. The van der Waals surface area contributed by atoms with Crippen LogP contribution in [0.2, 0.25) is 0 Å². The Balaban J connectivity index is 1.73. The number of hydrogen-bond acceptors (Lipinski definition) is 3. The van der Waals surface area contributed by atoms with Crippen LogP contribution in [0.1, 0.15) is 24.6 Å². The lowest BCUT2D eigenvalue weighted by Gasteiger charge is -2.37. The normalized spacial score (nSPS) is 22.2. The van der Waals surface area contributed by atoms with Crippen LogP contribution in [0, 0.1) is 5.92 Å². The molecule has 0 radical (unpaired) electrons. The zero-order valence-electron chi connectivity index (χ0n) is 13.0. The number of benzene rings is 1. The third-order valence-corrected chi connectivity index (χ3v) is 6.18. The van der Waals surface area contributed by atoms with Crippen molar-refractivity contribution < 1.29 is 9.90 Å². The third-order valence-electron chi connectivity index (χ3n) is 4.57. The van der Waals surface area contributed by atoms with Crippen molar-refractivity contribution in [3.8, 4) is 10.4 Å². The summed E-state index contributed by atoms with van der Waals surface area (Å²) in [5.41, 5.74) is 1.21. The van der Waals surface area contributed by atoms with Crippen molar-refractivity contribution in [2.24, 2.45) is 5.92 Å². The van der Waals surface area contributed by atoms with Crippen LogP contribution in [0.3, 0.4) is 0 Å². The Hall–Kier alpha value is -1.17. The summed E-state index contributed by atoms with van der Waals surface area (Å²) in [5.74, 6) is -0.906. The van der Waals surface area contributed by atoms with Gasteiger partial charge in [0.05, 0.1) is 5.92 Å². The number of rotatable bonds is 4. The molecule has 1 fully saturated rings. The topological polar surface area (TPSA) is 40.5 Å². The zero-order valence-corrected chi connectivity index (χ0v) is 15.4. The fourth-order valence-corrected chi connectivity index (χ4v) is 4.66. The van der Waals surface area contributed by atoms with Crippen LogP contribution >= 0.6 is 27.3 Å². The third kappa shape index (κ3) is 3.84. The summed E-state index contributed by atoms with van der Waals surface area (Å²) in [5, 5.41) is 9.34. The number of carboxylic acids is 1. The Labute approximate surface area is 149 Å². The van der Waals surface area contributed by atoms with Gasteiger partial charge in [0.25, 0.3) is 0 Å². The SMILES string of the molecule is C[C@@H]1[C@H](C(=O)O)CCCN1Cc1ccc(-c2cccc(Br)c2)s1. The Kier molecular flexibility index (Phi) is 5.19. The number of hydrogen-bond donors (Lipinski definition) is 1. The van der Waals surface area contributed by atoms with Gasteiger partial charge < -0.3 is 5.11 Å². The summed E-state index contributed by atoms with van der Waals surface area (Å²) in [6, 6.07) is 12.7. The number of carboxylic acid groups (broad SMARTS) is 1. The van der Waals surface area contributed by atoms with Gasteiger partial charge in [-0.3, -0.25) is 9.69 Å². The molecule has 1 aromatic heterocycles. The summed E-state index contributed by atoms with van der Waals surface area (Å²) >= 11 is 5.30. The molecule has 3 nitrogen and oxygen atoms in total. The average Bonchev–Trinajstić information content (AvgIpc) is 2.98. The predicted molar refractivity (Wildman–Crippen MR) is 97.7 cm³/mol. The Bertz CT molecular complexity index is 700. The van der Waals surface area contributed by atoms with Gasteiger partial charge in [0.2, 0.25) is 0 Å². The van der Waals surface area contributed by atoms with Crippen molar-refractivity contribution in [2.45, 2.75) is 32.4 Å². The van der Waals surface area contributed by atoms with E-state index in [-0.39, 0.29) is 12.0 Å². The minimum absolute atomic E-state index is 0.0951. The highest BCUT2D eigenvalue weighted by Gasteiger charge is 2.32. The van der Waals surface area contributed by atoms with Gasteiger partial charge in [-0.25, -0.2) is 0 Å². The second kappa shape index (κ2) is 7.16. The van der Waals surface area contributed by atoms with Gasteiger partial charge in [0, 0.05) is 26.8 Å². The molecule has 0 saturated carbocycles. The minimum atomic E-state index is -0.664. The molecular weight excluding hydrogens is 374 g/mol. The van der Waals surface area contributed by atoms with Gasteiger partial charge in [0.15, 0.2) is 0 Å². The molecule has 2 heterocycles. The predicted octanol–water partition coefficient (Wildman–Crippen LogP) is 4.86. The van der Waals surface area contributed by atoms with E-state index in [2.05, 4.69) is 45.1 Å². The second-order valence-corrected chi connectivity index (χ2v) is 8.16. The Morgan fingerprint density at radius 1 is 1.39 bits per heavy atom. The summed E-state index contributed by atoms with van der Waals surface area (Å²) in [7, 11) is 0. The molecule has 0 bridgehead atoms. The molecular formula is C18H20BrNO2S. The van der Waals surface area contributed by atoms with Crippen molar-refractivity contribution in [3.63, 3.8) is 0 Å². The molecule has 2 atom stereocenters. The molecule has 1 saturated heterocycles. The molecule has 3 rings (SSSR count). The highest BCUT2D eigenvalue weighted by atomic mass is 79.9. The maximum absolute atomic E-state index is 11.4. The maximum atomic E-state index is 11.4. The summed E-state index contributed by atoms with van der Waals surface area (Å²) < 4.78 is 1.08. The molecule has 23 heavy (non-hydrogen) atoms. The fraction of sp³-hybridized carbons (Fsp3) is 0.389. The van der Waals surface area contributed by atoms with Crippen molar-refractivity contribution in [1.82, 2.24) is 4.90 Å². The summed E-state index contributed by atoms with van der Waals surface area (Å²) in [6.45, 7) is 3.86. The summed E-state index contributed by atoms with van der Waals surface area (Å²) in [6.07, 6.45) is 1.76. The first-order chi connectivity index (χ1) is 11.0. The molecule has 122 valence electrons. The smallest absolute Gasteiger partial charge is 0.308 e. The minimum Gasteiger partial charge on any atom is -0.481 e. The Morgan fingerprint density at radius 3 is 2.96 bits per heavy atom. The van der Waals surface area contributed by atoms with Gasteiger partial charge in [-0.15, -0.1) is 11.3 Å². The molecule has 1 aliphatic rings. The number of likely N-dealkylation sites (tertiary alicyclic amines) is 1. The molecule has 0 spiro atoms. The molecule has 0 amide bonds. The lowest BCUT2D eigenvalue weighted by molar-refractivity contribution is -0.145. The van der Waals surface area contributed by atoms with E-state index in [0.29, 0.717) is 0 Å². The van der Waals surface area contributed by atoms with Crippen molar-refractivity contribution >= 4 is 33.2 Å². The summed E-state index contributed by atoms with van der Waals surface area (Å²) in [4.78, 5) is 16.2. The standard InChI is InChI=1S/C18H20BrNO2S/c1-12-16(18(21)22)6-3-9-20(12)11-15-7-8-17(23-15)13-4-2-5-14(19)10-13/h2,4-5,7-8,10,12,16H,3,6,9,11H2,1H3,(H,21,22)/t12-,16-/m1/s1. The number of halogens is 1. The van der Waals surface area contributed by atoms with E-state index in [9.17, 15) is 9.90 Å². The van der Waals surface area contributed by atoms with Crippen LogP contribution < -0.4 is 0 Å². The monoisotopic (exact) mass is 393 g/mol. The van der Waals surface area contributed by atoms with Gasteiger partial charge >= 0.3 is 5.97 Å². The van der Waals surface area contributed by atoms with E-state index in [1.165, 1.54) is 15.3 Å². The largest absolute Gasteiger partial charge is 0.481 e. The van der Waals surface area contributed by atoms with Crippen molar-refractivity contribution in [2.75, 3.05) is 6.54 Å². The van der Waals surface area contributed by atoms with Crippen LogP contribution in [-0.2, 0) is 11.3 Å².